The number of halogens is 1. The molecular formula is C16H23FO. The Hall–Kier alpha value is -0.890. The molecule has 1 aliphatic carbocycles. The first-order chi connectivity index (χ1) is 8.73. The summed E-state index contributed by atoms with van der Waals surface area (Å²) in [6, 6.07) is 6.86. The third kappa shape index (κ3) is 2.74. The number of hydrogen-bond acceptors (Lipinski definition) is 1. The van der Waals surface area contributed by atoms with Crippen molar-refractivity contribution in [1.29, 1.82) is 0 Å². The molecule has 0 radical (unpaired) electrons. The molecule has 0 amide bonds. The number of aliphatic hydroxyl groups is 1. The molecule has 0 spiro atoms. The van der Waals surface area contributed by atoms with Crippen LogP contribution in [0.5, 0.6) is 0 Å². The van der Waals surface area contributed by atoms with Crippen molar-refractivity contribution >= 4 is 0 Å². The van der Waals surface area contributed by atoms with Crippen LogP contribution in [-0.4, -0.2) is 11.7 Å². The Morgan fingerprint density at radius 2 is 1.94 bits per heavy atom. The van der Waals surface area contributed by atoms with Gasteiger partial charge in [-0.1, -0.05) is 44.7 Å². The van der Waals surface area contributed by atoms with Crippen LogP contribution in [-0.2, 0) is 5.41 Å². The molecule has 1 saturated carbocycles. The third-order valence-electron chi connectivity index (χ3n) is 4.35. The van der Waals surface area contributed by atoms with Gasteiger partial charge in [-0.25, -0.2) is 4.39 Å². The lowest BCUT2D eigenvalue weighted by atomic mass is 9.87. The van der Waals surface area contributed by atoms with Gasteiger partial charge >= 0.3 is 0 Å². The molecule has 100 valence electrons. The fourth-order valence-corrected chi connectivity index (χ4v) is 3.07. The maximum Gasteiger partial charge on any atom is 0.123 e. The summed E-state index contributed by atoms with van der Waals surface area (Å²) in [6.07, 6.45) is 7.18. The van der Waals surface area contributed by atoms with E-state index in [1.165, 1.54) is 43.4 Å². The third-order valence-corrected chi connectivity index (χ3v) is 4.35. The topological polar surface area (TPSA) is 20.2 Å². The molecule has 2 rings (SSSR count). The minimum atomic E-state index is -0.180. The number of hydrogen-bond donors (Lipinski definition) is 1. The first-order valence-electron chi connectivity index (χ1n) is 7.10. The molecule has 0 heterocycles. The highest BCUT2D eigenvalue weighted by Gasteiger charge is 2.53. The zero-order chi connectivity index (χ0) is 13.0. The fraction of sp³-hybridized carbons (Fsp3) is 0.625. The molecule has 0 unspecified atom stereocenters. The van der Waals surface area contributed by atoms with E-state index in [-0.39, 0.29) is 17.8 Å². The van der Waals surface area contributed by atoms with Crippen molar-refractivity contribution in [3.63, 3.8) is 0 Å². The van der Waals surface area contributed by atoms with Crippen LogP contribution in [0.1, 0.15) is 51.0 Å². The molecule has 1 nitrogen and oxygen atoms in total. The van der Waals surface area contributed by atoms with Gasteiger partial charge in [-0.2, -0.15) is 0 Å². The predicted octanol–water partition coefficient (Wildman–Crippen LogP) is 4.05. The zero-order valence-electron chi connectivity index (χ0n) is 11.2. The molecule has 0 saturated heterocycles. The van der Waals surface area contributed by atoms with Crippen LogP contribution in [0.25, 0.3) is 0 Å². The Morgan fingerprint density at radius 1 is 1.22 bits per heavy atom. The average Bonchev–Trinajstić information content (AvgIpc) is 3.10. The number of rotatable bonds is 7. The molecule has 0 aliphatic heterocycles. The molecule has 1 N–H and O–H groups in total. The molecule has 2 atom stereocenters. The highest BCUT2D eigenvalue weighted by molar-refractivity contribution is 5.33. The quantitative estimate of drug-likeness (QED) is 0.724. The van der Waals surface area contributed by atoms with Gasteiger partial charge < -0.3 is 5.11 Å². The van der Waals surface area contributed by atoms with E-state index >= 15 is 0 Å². The van der Waals surface area contributed by atoms with E-state index in [4.69, 9.17) is 0 Å². The molecule has 18 heavy (non-hydrogen) atoms. The first-order valence-corrected chi connectivity index (χ1v) is 7.10. The average molecular weight is 250 g/mol. The normalized spacial score (nSPS) is 26.3. The van der Waals surface area contributed by atoms with Crippen molar-refractivity contribution in [3.05, 3.63) is 35.6 Å². The Labute approximate surface area is 109 Å². The van der Waals surface area contributed by atoms with Gasteiger partial charge in [0.1, 0.15) is 5.82 Å². The second-order valence-electron chi connectivity index (χ2n) is 5.56. The minimum Gasteiger partial charge on any atom is -0.396 e. The SMILES string of the molecule is CCCCCC[C@@]1(c2ccc(F)cc2)C[C@@H]1CO. The summed E-state index contributed by atoms with van der Waals surface area (Å²) >= 11 is 0. The summed E-state index contributed by atoms with van der Waals surface area (Å²) < 4.78 is 13.0. The van der Waals surface area contributed by atoms with Crippen LogP contribution < -0.4 is 0 Å². The fourth-order valence-electron chi connectivity index (χ4n) is 3.07. The Kier molecular flexibility index (Phi) is 4.39. The second kappa shape index (κ2) is 5.83. The van der Waals surface area contributed by atoms with E-state index in [9.17, 15) is 9.50 Å². The maximum atomic E-state index is 13.0. The van der Waals surface area contributed by atoms with E-state index in [0.717, 1.165) is 12.8 Å². The maximum absolute atomic E-state index is 13.0. The van der Waals surface area contributed by atoms with E-state index in [1.54, 1.807) is 0 Å². The number of unbranched alkanes of at least 4 members (excludes halogenated alkanes) is 3. The largest absolute Gasteiger partial charge is 0.396 e. The van der Waals surface area contributed by atoms with Crippen LogP contribution in [0.15, 0.2) is 24.3 Å². The molecule has 2 heteroatoms. The van der Waals surface area contributed by atoms with Gasteiger partial charge in [-0.05, 0) is 36.5 Å². The van der Waals surface area contributed by atoms with Gasteiger partial charge in [0.2, 0.25) is 0 Å². The monoisotopic (exact) mass is 250 g/mol. The summed E-state index contributed by atoms with van der Waals surface area (Å²) in [5.41, 5.74) is 1.34. The molecule has 1 aromatic rings. The molecule has 0 aromatic heterocycles. The Morgan fingerprint density at radius 3 is 2.50 bits per heavy atom. The number of benzene rings is 1. The van der Waals surface area contributed by atoms with Crippen LogP contribution in [0.2, 0.25) is 0 Å². The van der Waals surface area contributed by atoms with Gasteiger partial charge in [-0.15, -0.1) is 0 Å². The van der Waals surface area contributed by atoms with Gasteiger partial charge in [0.15, 0.2) is 0 Å². The van der Waals surface area contributed by atoms with Crippen molar-refractivity contribution in [2.45, 2.75) is 50.9 Å². The summed E-state index contributed by atoms with van der Waals surface area (Å²) in [5, 5.41) is 9.39. The van der Waals surface area contributed by atoms with Crippen molar-refractivity contribution in [3.8, 4) is 0 Å². The van der Waals surface area contributed by atoms with E-state index in [1.807, 2.05) is 12.1 Å². The van der Waals surface area contributed by atoms with Gasteiger partial charge in [-0.3, -0.25) is 0 Å². The lowest BCUT2D eigenvalue weighted by Gasteiger charge is -2.17. The molecule has 1 aromatic carbocycles. The van der Waals surface area contributed by atoms with E-state index in [0.29, 0.717) is 5.92 Å². The van der Waals surface area contributed by atoms with E-state index < -0.39 is 0 Å². The smallest absolute Gasteiger partial charge is 0.123 e. The van der Waals surface area contributed by atoms with Crippen LogP contribution in [0.4, 0.5) is 4.39 Å². The lowest BCUT2D eigenvalue weighted by Crippen LogP contribution is -2.12. The van der Waals surface area contributed by atoms with Gasteiger partial charge in [0.05, 0.1) is 0 Å². The van der Waals surface area contributed by atoms with Crippen molar-refractivity contribution in [2.24, 2.45) is 5.92 Å². The molecule has 1 aliphatic rings. The van der Waals surface area contributed by atoms with Crippen LogP contribution >= 0.6 is 0 Å². The highest BCUT2D eigenvalue weighted by atomic mass is 19.1. The van der Waals surface area contributed by atoms with Crippen molar-refractivity contribution < 1.29 is 9.50 Å². The second-order valence-corrected chi connectivity index (χ2v) is 5.56. The molecule has 1 fully saturated rings. The summed E-state index contributed by atoms with van der Waals surface area (Å²) in [5.74, 6) is 0.200. The first kappa shape index (κ1) is 13.5. The van der Waals surface area contributed by atoms with Gasteiger partial charge in [0, 0.05) is 12.0 Å². The summed E-state index contributed by atoms with van der Waals surface area (Å²) in [6.45, 7) is 2.47. The predicted molar refractivity (Wildman–Crippen MR) is 72.0 cm³/mol. The van der Waals surface area contributed by atoms with Crippen molar-refractivity contribution in [1.82, 2.24) is 0 Å². The van der Waals surface area contributed by atoms with Crippen LogP contribution in [0, 0.1) is 11.7 Å². The Balaban J connectivity index is 2.01. The molecular weight excluding hydrogens is 227 g/mol. The number of aliphatic hydroxyl groups excluding tert-OH is 1. The van der Waals surface area contributed by atoms with E-state index in [2.05, 4.69) is 6.92 Å². The van der Waals surface area contributed by atoms with Crippen LogP contribution in [0.3, 0.4) is 0 Å². The molecule has 0 bridgehead atoms. The highest BCUT2D eigenvalue weighted by Crippen LogP contribution is 2.57. The standard InChI is InChI=1S/C16H23FO/c1-2-3-4-5-10-16(11-14(16)12-18)13-6-8-15(17)9-7-13/h6-9,14,18H,2-5,10-12H2,1H3/t14-,16+/m1/s1. The zero-order valence-corrected chi connectivity index (χ0v) is 11.2. The Bertz CT molecular complexity index is 373. The summed E-state index contributed by atoms with van der Waals surface area (Å²) in [7, 11) is 0. The lowest BCUT2D eigenvalue weighted by molar-refractivity contribution is 0.260. The van der Waals surface area contributed by atoms with Gasteiger partial charge in [0.25, 0.3) is 0 Å². The summed E-state index contributed by atoms with van der Waals surface area (Å²) in [4.78, 5) is 0. The van der Waals surface area contributed by atoms with Crippen molar-refractivity contribution in [2.75, 3.05) is 6.61 Å². The minimum absolute atomic E-state index is 0.135.